The molecule has 0 aliphatic carbocycles. The van der Waals surface area contributed by atoms with Gasteiger partial charge in [0, 0.05) is 6.07 Å². The van der Waals surface area contributed by atoms with Gasteiger partial charge in [0.1, 0.15) is 0 Å². The first-order valence-electron chi connectivity index (χ1n) is 6.38. The zero-order valence-corrected chi connectivity index (χ0v) is 11.5. The van der Waals surface area contributed by atoms with Crippen LogP contribution in [0.15, 0.2) is 48.8 Å². The van der Waals surface area contributed by atoms with E-state index < -0.39 is 9.85 Å². The summed E-state index contributed by atoms with van der Waals surface area (Å²) in [6, 6.07) is 11.1. The second kappa shape index (κ2) is 4.92. The molecule has 2 aromatic carbocycles. The van der Waals surface area contributed by atoms with Gasteiger partial charge in [0.25, 0.3) is 5.69 Å². The number of nitro benzene ring substituents is 2. The summed E-state index contributed by atoms with van der Waals surface area (Å²) in [6.45, 7) is 0. The van der Waals surface area contributed by atoms with Gasteiger partial charge in [-0.3, -0.25) is 20.2 Å². The molecule has 1 heterocycles. The average molecular weight is 299 g/mol. The van der Waals surface area contributed by atoms with Crippen molar-refractivity contribution in [2.45, 2.75) is 0 Å². The Balaban J connectivity index is 2.31. The molecule has 0 fully saturated rings. The Hall–Kier alpha value is -3.29. The number of nitrogens with zero attached hydrogens (tertiary/aromatic N) is 4. The van der Waals surface area contributed by atoms with Crippen LogP contribution in [0.25, 0.3) is 16.7 Å². The predicted molar refractivity (Wildman–Crippen MR) is 77.8 cm³/mol. The maximum atomic E-state index is 11.3. The Morgan fingerprint density at radius 1 is 1.05 bits per heavy atom. The number of benzene rings is 2. The molecule has 3 aromatic rings. The Bertz CT molecular complexity index is 916. The van der Waals surface area contributed by atoms with E-state index in [0.29, 0.717) is 0 Å². The number of non-ortho nitro benzene ring substituents is 1. The van der Waals surface area contributed by atoms with Crippen molar-refractivity contribution in [1.29, 1.82) is 0 Å². The SMILES string of the molecule is C[n+]1cn(-c2ccc([N+](=O)[O-])cc2[N+](=O)[O-])c2ccccc21. The minimum atomic E-state index is -0.648. The van der Waals surface area contributed by atoms with Crippen LogP contribution in [0.3, 0.4) is 0 Å². The summed E-state index contributed by atoms with van der Waals surface area (Å²) in [6.07, 6.45) is 1.71. The third-order valence-electron chi connectivity index (χ3n) is 3.44. The van der Waals surface area contributed by atoms with Crippen LogP contribution in [0.1, 0.15) is 0 Å². The minimum absolute atomic E-state index is 0.285. The first kappa shape index (κ1) is 13.7. The van der Waals surface area contributed by atoms with E-state index in [1.807, 2.05) is 35.9 Å². The van der Waals surface area contributed by atoms with Crippen LogP contribution >= 0.6 is 0 Å². The average Bonchev–Trinajstić information content (AvgIpc) is 2.84. The quantitative estimate of drug-likeness (QED) is 0.421. The standard InChI is InChI=1S/C14H11N4O4/c1-15-9-16(12-5-3-2-4-11(12)15)13-7-6-10(17(19)20)8-14(13)18(21)22/h2-9H,1H3/q+1. The van der Waals surface area contributed by atoms with E-state index in [9.17, 15) is 20.2 Å². The molecule has 0 saturated carbocycles. The van der Waals surface area contributed by atoms with Crippen LogP contribution in [0.4, 0.5) is 11.4 Å². The van der Waals surface area contributed by atoms with Crippen molar-refractivity contribution in [2.75, 3.05) is 0 Å². The van der Waals surface area contributed by atoms with Crippen LogP contribution < -0.4 is 4.57 Å². The highest BCUT2D eigenvalue weighted by Crippen LogP contribution is 2.29. The molecule has 0 N–H and O–H groups in total. The lowest BCUT2D eigenvalue weighted by atomic mass is 10.2. The Morgan fingerprint density at radius 2 is 1.77 bits per heavy atom. The number of aromatic nitrogens is 2. The third-order valence-corrected chi connectivity index (χ3v) is 3.44. The summed E-state index contributed by atoms with van der Waals surface area (Å²) >= 11 is 0. The first-order chi connectivity index (χ1) is 10.5. The number of hydrogen-bond acceptors (Lipinski definition) is 4. The van der Waals surface area contributed by atoms with E-state index in [-0.39, 0.29) is 17.1 Å². The second-order valence-electron chi connectivity index (χ2n) is 4.77. The molecule has 8 nitrogen and oxygen atoms in total. The molecular weight excluding hydrogens is 288 g/mol. The lowest BCUT2D eigenvalue weighted by Gasteiger charge is -1.99. The van der Waals surface area contributed by atoms with Gasteiger partial charge in [0.05, 0.1) is 23.0 Å². The summed E-state index contributed by atoms with van der Waals surface area (Å²) in [5, 5.41) is 22.1. The van der Waals surface area contributed by atoms with E-state index in [2.05, 4.69) is 0 Å². The van der Waals surface area contributed by atoms with E-state index in [4.69, 9.17) is 0 Å². The molecule has 1 aromatic heterocycles. The molecule has 0 aliphatic heterocycles. The van der Waals surface area contributed by atoms with Gasteiger partial charge < -0.3 is 0 Å². The third kappa shape index (κ3) is 2.06. The summed E-state index contributed by atoms with van der Waals surface area (Å²) < 4.78 is 3.48. The number of aryl methyl sites for hydroxylation is 1. The van der Waals surface area contributed by atoms with E-state index >= 15 is 0 Å². The fourth-order valence-corrected chi connectivity index (χ4v) is 2.43. The Morgan fingerprint density at radius 3 is 2.45 bits per heavy atom. The fraction of sp³-hybridized carbons (Fsp3) is 0.0714. The van der Waals surface area contributed by atoms with Crippen molar-refractivity contribution in [1.82, 2.24) is 4.57 Å². The summed E-state index contributed by atoms with van der Waals surface area (Å²) in [5.74, 6) is 0. The molecule has 0 atom stereocenters. The van der Waals surface area contributed by atoms with Crippen molar-refractivity contribution in [3.05, 3.63) is 69.0 Å². The van der Waals surface area contributed by atoms with Crippen molar-refractivity contribution >= 4 is 22.4 Å². The van der Waals surface area contributed by atoms with E-state index in [1.54, 1.807) is 10.9 Å². The number of imidazole rings is 1. The molecule has 3 rings (SSSR count). The maximum absolute atomic E-state index is 11.3. The van der Waals surface area contributed by atoms with Crippen LogP contribution in [-0.4, -0.2) is 14.4 Å². The monoisotopic (exact) mass is 299 g/mol. The molecule has 0 spiro atoms. The topological polar surface area (TPSA) is 95.1 Å². The Kier molecular flexibility index (Phi) is 3.06. The van der Waals surface area contributed by atoms with Gasteiger partial charge in [-0.2, -0.15) is 4.57 Å². The smallest absolute Gasteiger partial charge is 0.258 e. The van der Waals surface area contributed by atoms with E-state index in [1.165, 1.54) is 12.1 Å². The van der Waals surface area contributed by atoms with Crippen LogP contribution in [0.5, 0.6) is 0 Å². The number of fused-ring (bicyclic) bond motifs is 1. The number of rotatable bonds is 3. The van der Waals surface area contributed by atoms with Crippen molar-refractivity contribution < 1.29 is 14.4 Å². The zero-order chi connectivity index (χ0) is 15.9. The maximum Gasteiger partial charge on any atom is 0.322 e. The highest BCUT2D eigenvalue weighted by Gasteiger charge is 2.26. The largest absolute Gasteiger partial charge is 0.322 e. The predicted octanol–water partition coefficient (Wildman–Crippen LogP) is 2.27. The summed E-state index contributed by atoms with van der Waals surface area (Å²) in [7, 11) is 1.83. The molecule has 0 saturated heterocycles. The van der Waals surface area contributed by atoms with Gasteiger partial charge in [0.2, 0.25) is 12.0 Å². The van der Waals surface area contributed by atoms with Gasteiger partial charge in [-0.25, -0.2) is 4.57 Å². The Labute approximate surface area is 124 Å². The second-order valence-corrected chi connectivity index (χ2v) is 4.77. The van der Waals surface area contributed by atoms with Gasteiger partial charge >= 0.3 is 5.69 Å². The molecule has 0 radical (unpaired) electrons. The van der Waals surface area contributed by atoms with Gasteiger partial charge in [-0.15, -0.1) is 0 Å². The normalized spacial score (nSPS) is 10.8. The molecule has 22 heavy (non-hydrogen) atoms. The molecule has 110 valence electrons. The van der Waals surface area contributed by atoms with Gasteiger partial charge in [0.15, 0.2) is 11.0 Å². The highest BCUT2D eigenvalue weighted by atomic mass is 16.6. The van der Waals surface area contributed by atoms with Crippen molar-refractivity contribution in [2.24, 2.45) is 7.05 Å². The fourth-order valence-electron chi connectivity index (χ4n) is 2.43. The van der Waals surface area contributed by atoms with Crippen LogP contribution in [-0.2, 0) is 7.05 Å². The molecule has 8 heteroatoms. The van der Waals surface area contributed by atoms with Crippen molar-refractivity contribution in [3.8, 4) is 5.69 Å². The van der Waals surface area contributed by atoms with Crippen LogP contribution in [0.2, 0.25) is 0 Å². The lowest BCUT2D eigenvalue weighted by Crippen LogP contribution is -2.25. The van der Waals surface area contributed by atoms with Crippen LogP contribution in [0, 0.1) is 20.2 Å². The van der Waals surface area contributed by atoms with Crippen molar-refractivity contribution in [3.63, 3.8) is 0 Å². The van der Waals surface area contributed by atoms with E-state index in [0.717, 1.165) is 17.1 Å². The summed E-state index contributed by atoms with van der Waals surface area (Å²) in [5.41, 5.74) is 1.34. The summed E-state index contributed by atoms with van der Waals surface area (Å²) in [4.78, 5) is 20.8. The zero-order valence-electron chi connectivity index (χ0n) is 11.5. The number of para-hydroxylation sites is 2. The molecule has 0 aliphatic rings. The molecular formula is C14H11N4O4+. The first-order valence-corrected chi connectivity index (χ1v) is 6.38. The number of hydrogen-bond donors (Lipinski definition) is 0. The minimum Gasteiger partial charge on any atom is -0.258 e. The van der Waals surface area contributed by atoms with Gasteiger partial charge in [-0.05, 0) is 18.2 Å². The number of nitro groups is 2. The highest BCUT2D eigenvalue weighted by molar-refractivity contribution is 5.75. The molecule has 0 unspecified atom stereocenters. The molecule has 0 bridgehead atoms. The molecule has 0 amide bonds. The van der Waals surface area contributed by atoms with Gasteiger partial charge in [-0.1, -0.05) is 12.1 Å². The lowest BCUT2D eigenvalue weighted by molar-refractivity contribution is -0.645.